The van der Waals surface area contributed by atoms with Crippen LogP contribution < -0.4 is 4.43 Å². The number of hydrogen-bond donors (Lipinski definition) is 1. The summed E-state index contributed by atoms with van der Waals surface area (Å²) in [5.41, 5.74) is 0.865. The van der Waals surface area contributed by atoms with Gasteiger partial charge in [0.15, 0.2) is 5.78 Å². The minimum atomic E-state index is -1.87. The first-order chi connectivity index (χ1) is 10.1. The van der Waals surface area contributed by atoms with E-state index in [1.807, 2.05) is 18.2 Å². The van der Waals surface area contributed by atoms with E-state index in [0.717, 1.165) is 16.7 Å². The zero-order valence-electron chi connectivity index (χ0n) is 13.9. The van der Waals surface area contributed by atoms with E-state index in [0.29, 0.717) is 0 Å². The third-order valence-corrected chi connectivity index (χ3v) is 8.65. The summed E-state index contributed by atoms with van der Waals surface area (Å²) in [7, 11) is -1.87. The first-order valence-corrected chi connectivity index (χ1v) is 10.3. The number of benzene rings is 1. The fourth-order valence-electron chi connectivity index (χ4n) is 1.92. The highest BCUT2D eigenvalue weighted by molar-refractivity contribution is 6.74. The van der Waals surface area contributed by atoms with E-state index in [1.54, 1.807) is 10.9 Å². The van der Waals surface area contributed by atoms with Crippen LogP contribution in [0.3, 0.4) is 0 Å². The Labute approximate surface area is 132 Å². The van der Waals surface area contributed by atoms with Crippen molar-refractivity contribution in [2.24, 2.45) is 0 Å². The SMILES string of the molecule is CC(C)(C)[Si](C)(C)Oc1ccc2c(cnn2CC(=O)CO)c1. The van der Waals surface area contributed by atoms with E-state index in [-0.39, 0.29) is 17.4 Å². The van der Waals surface area contributed by atoms with Gasteiger partial charge in [-0.05, 0) is 36.3 Å². The average molecular weight is 320 g/mol. The molecular weight excluding hydrogens is 296 g/mol. The van der Waals surface area contributed by atoms with Gasteiger partial charge in [0.05, 0.1) is 11.7 Å². The molecule has 6 heteroatoms. The van der Waals surface area contributed by atoms with Gasteiger partial charge >= 0.3 is 0 Å². The molecule has 0 spiro atoms. The zero-order chi connectivity index (χ0) is 16.5. The Morgan fingerprint density at radius 1 is 1.36 bits per heavy atom. The van der Waals surface area contributed by atoms with Crippen molar-refractivity contribution in [1.82, 2.24) is 9.78 Å². The molecule has 1 heterocycles. The van der Waals surface area contributed by atoms with Crippen LogP contribution in [0.15, 0.2) is 24.4 Å². The fourth-order valence-corrected chi connectivity index (χ4v) is 2.94. The summed E-state index contributed by atoms with van der Waals surface area (Å²) in [5.74, 6) is 0.582. The number of carbonyl (C=O) groups is 1. The summed E-state index contributed by atoms with van der Waals surface area (Å²) >= 11 is 0. The normalized spacial score (nSPS) is 12.6. The van der Waals surface area contributed by atoms with Crippen LogP contribution in [0.5, 0.6) is 5.75 Å². The molecule has 0 unspecified atom stereocenters. The van der Waals surface area contributed by atoms with Crippen molar-refractivity contribution in [2.45, 2.75) is 45.4 Å². The molecule has 1 N–H and O–H groups in total. The zero-order valence-corrected chi connectivity index (χ0v) is 14.9. The lowest BCUT2D eigenvalue weighted by Gasteiger charge is -2.36. The number of aromatic nitrogens is 2. The van der Waals surface area contributed by atoms with Crippen LogP contribution in [-0.4, -0.2) is 35.6 Å². The highest BCUT2D eigenvalue weighted by atomic mass is 28.4. The molecule has 2 rings (SSSR count). The summed E-state index contributed by atoms with van der Waals surface area (Å²) < 4.78 is 7.88. The van der Waals surface area contributed by atoms with E-state index in [9.17, 15) is 4.79 Å². The number of carbonyl (C=O) groups excluding carboxylic acids is 1. The molecule has 22 heavy (non-hydrogen) atoms. The van der Waals surface area contributed by atoms with Crippen molar-refractivity contribution in [2.75, 3.05) is 6.61 Å². The highest BCUT2D eigenvalue weighted by Crippen LogP contribution is 2.37. The number of ketones is 1. The van der Waals surface area contributed by atoms with E-state index in [4.69, 9.17) is 9.53 Å². The van der Waals surface area contributed by atoms with Crippen LogP contribution in [0, 0.1) is 0 Å². The average Bonchev–Trinajstić information content (AvgIpc) is 2.79. The van der Waals surface area contributed by atoms with Crippen LogP contribution >= 0.6 is 0 Å². The standard InChI is InChI=1S/C16H24N2O3Si/c1-16(2,3)22(4,5)21-14-6-7-15-12(8-14)9-17-18(15)10-13(20)11-19/h6-9,19H,10-11H2,1-5H3. The second kappa shape index (κ2) is 5.85. The number of hydrogen-bond acceptors (Lipinski definition) is 4. The fraction of sp³-hybridized carbons (Fsp3) is 0.500. The molecule has 120 valence electrons. The van der Waals surface area contributed by atoms with E-state index in [2.05, 4.69) is 39.0 Å². The predicted octanol–water partition coefficient (Wildman–Crippen LogP) is 2.98. The van der Waals surface area contributed by atoms with Crippen molar-refractivity contribution < 1.29 is 14.3 Å². The number of Topliss-reactive ketones (excluding diaryl/α,β-unsaturated/α-hetero) is 1. The Hall–Kier alpha value is -1.66. The van der Waals surface area contributed by atoms with E-state index in [1.165, 1.54) is 0 Å². The lowest BCUT2D eigenvalue weighted by atomic mass is 10.2. The van der Waals surface area contributed by atoms with Crippen LogP contribution in [0.1, 0.15) is 20.8 Å². The molecule has 0 saturated heterocycles. The van der Waals surface area contributed by atoms with Crippen molar-refractivity contribution in [1.29, 1.82) is 0 Å². The first kappa shape index (κ1) is 16.7. The van der Waals surface area contributed by atoms with Crippen LogP contribution in [0.2, 0.25) is 18.1 Å². The van der Waals surface area contributed by atoms with Gasteiger partial charge in [0.25, 0.3) is 0 Å². The first-order valence-electron chi connectivity index (χ1n) is 7.41. The predicted molar refractivity (Wildman–Crippen MR) is 89.7 cm³/mol. The minimum Gasteiger partial charge on any atom is -0.543 e. The molecule has 0 fully saturated rings. The van der Waals surface area contributed by atoms with Gasteiger partial charge in [-0.15, -0.1) is 0 Å². The second-order valence-corrected chi connectivity index (χ2v) is 11.8. The molecule has 0 aliphatic carbocycles. The Morgan fingerprint density at radius 3 is 2.64 bits per heavy atom. The molecule has 0 amide bonds. The Kier molecular flexibility index (Phi) is 4.44. The summed E-state index contributed by atoms with van der Waals surface area (Å²) in [6.07, 6.45) is 1.72. The van der Waals surface area contributed by atoms with Crippen molar-refractivity contribution >= 4 is 25.0 Å². The molecule has 0 bridgehead atoms. The van der Waals surface area contributed by atoms with E-state index >= 15 is 0 Å². The topological polar surface area (TPSA) is 64.4 Å². The Bertz CT molecular complexity index is 686. The largest absolute Gasteiger partial charge is 0.543 e. The molecule has 0 saturated carbocycles. The number of aliphatic hydroxyl groups excluding tert-OH is 1. The third kappa shape index (κ3) is 3.39. The summed E-state index contributed by atoms with van der Waals surface area (Å²) in [6.45, 7) is 10.7. The molecular formula is C16H24N2O3Si. The van der Waals surface area contributed by atoms with E-state index < -0.39 is 14.9 Å². The number of nitrogens with zero attached hydrogens (tertiary/aromatic N) is 2. The van der Waals surface area contributed by atoms with Crippen LogP contribution in [-0.2, 0) is 11.3 Å². The van der Waals surface area contributed by atoms with Crippen molar-refractivity contribution in [3.8, 4) is 5.75 Å². The van der Waals surface area contributed by atoms with Gasteiger partial charge in [0, 0.05) is 5.39 Å². The number of fused-ring (bicyclic) bond motifs is 1. The molecule has 0 atom stereocenters. The van der Waals surface area contributed by atoms with Gasteiger partial charge in [-0.25, -0.2) is 0 Å². The van der Waals surface area contributed by atoms with Gasteiger partial charge in [-0.2, -0.15) is 5.10 Å². The molecule has 0 radical (unpaired) electrons. The summed E-state index contributed by atoms with van der Waals surface area (Å²) in [4.78, 5) is 11.4. The summed E-state index contributed by atoms with van der Waals surface area (Å²) in [6, 6.07) is 5.79. The lowest BCUT2D eigenvalue weighted by molar-refractivity contribution is -0.122. The van der Waals surface area contributed by atoms with Crippen molar-refractivity contribution in [3.63, 3.8) is 0 Å². The quantitative estimate of drug-likeness (QED) is 0.860. The maximum Gasteiger partial charge on any atom is 0.250 e. The number of aliphatic hydroxyl groups is 1. The van der Waals surface area contributed by atoms with Gasteiger partial charge in [-0.3, -0.25) is 9.48 Å². The minimum absolute atomic E-state index is 0.0858. The molecule has 1 aromatic heterocycles. The Balaban J connectivity index is 2.27. The maximum absolute atomic E-state index is 11.4. The van der Waals surface area contributed by atoms with Gasteiger partial charge in [-0.1, -0.05) is 20.8 Å². The van der Waals surface area contributed by atoms with Crippen LogP contribution in [0.4, 0.5) is 0 Å². The highest BCUT2D eigenvalue weighted by Gasteiger charge is 2.38. The second-order valence-electron chi connectivity index (χ2n) is 7.08. The summed E-state index contributed by atoms with van der Waals surface area (Å²) in [5, 5.41) is 14.1. The molecule has 0 aliphatic heterocycles. The van der Waals surface area contributed by atoms with Crippen LogP contribution in [0.25, 0.3) is 10.9 Å². The third-order valence-electron chi connectivity index (χ3n) is 4.29. The maximum atomic E-state index is 11.4. The number of rotatable bonds is 5. The molecule has 2 aromatic rings. The monoisotopic (exact) mass is 320 g/mol. The molecule has 5 nitrogen and oxygen atoms in total. The van der Waals surface area contributed by atoms with Gasteiger partial charge in [0.2, 0.25) is 8.32 Å². The van der Waals surface area contributed by atoms with Gasteiger partial charge < -0.3 is 9.53 Å². The molecule has 0 aliphatic rings. The van der Waals surface area contributed by atoms with Gasteiger partial charge in [0.1, 0.15) is 18.9 Å². The lowest BCUT2D eigenvalue weighted by Crippen LogP contribution is -2.43. The Morgan fingerprint density at radius 2 is 2.05 bits per heavy atom. The molecule has 1 aromatic carbocycles. The smallest absolute Gasteiger partial charge is 0.250 e. The van der Waals surface area contributed by atoms with Crippen molar-refractivity contribution in [3.05, 3.63) is 24.4 Å².